The van der Waals surface area contributed by atoms with Crippen molar-refractivity contribution in [1.82, 2.24) is 21.3 Å². The van der Waals surface area contributed by atoms with E-state index in [1.54, 1.807) is 34.6 Å². The molecular weight excluding hydrogens is 580 g/mol. The van der Waals surface area contributed by atoms with E-state index in [2.05, 4.69) is 21.3 Å². The number of hydrogen-bond donors (Lipinski definition) is 4. The Morgan fingerprint density at radius 2 is 1.64 bits per heavy atom. The zero-order valence-electron chi connectivity index (χ0n) is 27.7. The van der Waals surface area contributed by atoms with Gasteiger partial charge in [-0.1, -0.05) is 36.4 Å². The number of nitrogens with one attached hydrogen (secondary N) is 4. The van der Waals surface area contributed by atoms with Crippen LogP contribution in [0.4, 0.5) is 4.79 Å². The van der Waals surface area contributed by atoms with Gasteiger partial charge < -0.3 is 35.5 Å². The van der Waals surface area contributed by atoms with Gasteiger partial charge >= 0.3 is 12.1 Å². The second-order valence-electron chi connectivity index (χ2n) is 13.0. The van der Waals surface area contributed by atoms with Crippen LogP contribution in [0.25, 0.3) is 0 Å². The molecule has 1 aliphatic rings. The number of esters is 1. The summed E-state index contributed by atoms with van der Waals surface area (Å²) >= 11 is 0. The minimum absolute atomic E-state index is 0.128. The Morgan fingerprint density at radius 3 is 2.20 bits per heavy atom. The molecule has 1 fully saturated rings. The van der Waals surface area contributed by atoms with Crippen LogP contribution in [0.5, 0.6) is 0 Å². The summed E-state index contributed by atoms with van der Waals surface area (Å²) in [5.41, 5.74) is -0.668. The summed E-state index contributed by atoms with van der Waals surface area (Å²) in [6.07, 6.45) is 2.08. The van der Waals surface area contributed by atoms with Gasteiger partial charge in [0.15, 0.2) is 0 Å². The van der Waals surface area contributed by atoms with Crippen LogP contribution in [-0.2, 0) is 39.8 Å². The van der Waals surface area contributed by atoms with Gasteiger partial charge in [0.2, 0.25) is 17.7 Å². The molecule has 0 spiro atoms. The van der Waals surface area contributed by atoms with Gasteiger partial charge in [-0.2, -0.15) is 0 Å². The Kier molecular flexibility index (Phi) is 14.0. The summed E-state index contributed by atoms with van der Waals surface area (Å²) in [5, 5.41) is 11.1. The maximum Gasteiger partial charge on any atom is 0.408 e. The highest BCUT2D eigenvalue weighted by Gasteiger charge is 2.35. The molecule has 12 heteroatoms. The fourth-order valence-electron chi connectivity index (χ4n) is 4.81. The van der Waals surface area contributed by atoms with Gasteiger partial charge in [0.05, 0.1) is 18.3 Å². The predicted molar refractivity (Wildman–Crippen MR) is 169 cm³/mol. The van der Waals surface area contributed by atoms with E-state index < -0.39 is 59.3 Å². The Balaban J connectivity index is 2.36. The average molecular weight is 631 g/mol. The highest BCUT2D eigenvalue weighted by Crippen LogP contribution is 2.18. The van der Waals surface area contributed by atoms with Gasteiger partial charge in [-0.05, 0) is 73.8 Å². The molecule has 250 valence electrons. The van der Waals surface area contributed by atoms with Crippen molar-refractivity contribution in [3.05, 3.63) is 48.0 Å². The molecule has 12 nitrogen and oxygen atoms in total. The van der Waals surface area contributed by atoms with Crippen LogP contribution in [0.3, 0.4) is 0 Å². The maximum atomic E-state index is 13.8. The third-order valence-electron chi connectivity index (χ3n) is 6.66. The van der Waals surface area contributed by atoms with Crippen LogP contribution >= 0.6 is 0 Å². The summed E-state index contributed by atoms with van der Waals surface area (Å²) in [4.78, 5) is 64.7. The number of ether oxygens (including phenoxy) is 3. The van der Waals surface area contributed by atoms with E-state index in [0.29, 0.717) is 13.0 Å². The van der Waals surface area contributed by atoms with Crippen molar-refractivity contribution in [3.63, 3.8) is 0 Å². The molecule has 4 amide bonds. The molecule has 0 aromatic heterocycles. The second kappa shape index (κ2) is 17.0. The van der Waals surface area contributed by atoms with E-state index in [9.17, 15) is 24.0 Å². The number of amides is 4. The summed E-state index contributed by atoms with van der Waals surface area (Å²) in [6.45, 7) is 14.7. The molecular formula is C33H50N4O8. The van der Waals surface area contributed by atoms with Crippen LogP contribution in [0.2, 0.25) is 0 Å². The Morgan fingerprint density at radius 1 is 0.978 bits per heavy atom. The lowest BCUT2D eigenvalue weighted by Crippen LogP contribution is -2.59. The van der Waals surface area contributed by atoms with Crippen molar-refractivity contribution in [3.8, 4) is 0 Å². The monoisotopic (exact) mass is 630 g/mol. The van der Waals surface area contributed by atoms with E-state index in [4.69, 9.17) is 14.2 Å². The Labute approximate surface area is 266 Å². The molecule has 1 saturated heterocycles. The number of alkyl carbamates (subject to hydrolysis) is 1. The first-order valence-electron chi connectivity index (χ1n) is 15.4. The van der Waals surface area contributed by atoms with Crippen LogP contribution < -0.4 is 21.3 Å². The molecule has 1 aliphatic heterocycles. The number of rotatable bonds is 14. The molecule has 0 unspecified atom stereocenters. The quantitative estimate of drug-likeness (QED) is 0.180. The molecule has 5 atom stereocenters. The van der Waals surface area contributed by atoms with Gasteiger partial charge in [0.25, 0.3) is 0 Å². The smallest absolute Gasteiger partial charge is 0.408 e. The lowest BCUT2D eigenvalue weighted by molar-refractivity contribution is -0.137. The maximum absolute atomic E-state index is 13.8. The predicted octanol–water partition coefficient (Wildman–Crippen LogP) is 2.94. The van der Waals surface area contributed by atoms with Crippen LogP contribution in [0.15, 0.2) is 42.5 Å². The normalized spacial score (nSPS) is 17.9. The first kappa shape index (κ1) is 37.3. The molecule has 4 N–H and O–H groups in total. The highest BCUT2D eigenvalue weighted by atomic mass is 16.6. The van der Waals surface area contributed by atoms with Gasteiger partial charge in [-0.15, -0.1) is 0 Å². The van der Waals surface area contributed by atoms with Crippen LogP contribution in [0, 0.1) is 5.92 Å². The fourth-order valence-corrected chi connectivity index (χ4v) is 4.81. The van der Waals surface area contributed by atoms with Gasteiger partial charge in [0.1, 0.15) is 17.7 Å². The molecule has 1 heterocycles. The summed E-state index contributed by atoms with van der Waals surface area (Å²) < 4.78 is 16.4. The van der Waals surface area contributed by atoms with Crippen LogP contribution in [0.1, 0.15) is 73.8 Å². The van der Waals surface area contributed by atoms with Crippen molar-refractivity contribution in [2.24, 2.45) is 5.92 Å². The molecule has 1 aromatic carbocycles. The van der Waals surface area contributed by atoms with Gasteiger partial charge in [0, 0.05) is 31.0 Å². The fraction of sp³-hybridized carbons (Fsp3) is 0.606. The topological polar surface area (TPSA) is 161 Å². The van der Waals surface area contributed by atoms with E-state index in [1.165, 1.54) is 12.2 Å². The standard InChI is InChI=1S/C33H50N4O8/c1-9-43-26(38)16-15-24(20-23-17-18-34-28(23)39)35-29(40)25(19-22-13-11-10-12-14-22)36-30(41)27(21(2)44-32(3,4)5)37-31(42)45-33(6,7)8/h10-16,21,23-25,27H,9,17-20H2,1-8H3,(H,34,39)(H,35,40)(H,36,41)(H,37,42)/t21-,23+,24-,25+,27+/m1/s1. The molecule has 2 rings (SSSR count). The Hall–Kier alpha value is -3.93. The third-order valence-corrected chi connectivity index (χ3v) is 6.66. The zero-order chi connectivity index (χ0) is 33.8. The lowest BCUT2D eigenvalue weighted by Gasteiger charge is -2.32. The van der Waals surface area contributed by atoms with Crippen molar-refractivity contribution in [1.29, 1.82) is 0 Å². The second-order valence-corrected chi connectivity index (χ2v) is 13.0. The lowest BCUT2D eigenvalue weighted by atomic mass is 9.97. The van der Waals surface area contributed by atoms with E-state index in [0.717, 1.165) is 5.56 Å². The molecule has 0 aliphatic carbocycles. The van der Waals surface area contributed by atoms with Gasteiger partial charge in [-0.3, -0.25) is 14.4 Å². The summed E-state index contributed by atoms with van der Waals surface area (Å²) in [7, 11) is 0. The summed E-state index contributed by atoms with van der Waals surface area (Å²) in [5.74, 6) is -2.25. The van der Waals surface area contributed by atoms with E-state index >= 15 is 0 Å². The largest absolute Gasteiger partial charge is 0.463 e. The number of hydrogen-bond acceptors (Lipinski definition) is 8. The highest BCUT2D eigenvalue weighted by molar-refractivity contribution is 5.92. The SMILES string of the molecule is CCOC(=O)C=C[C@H](C[C@@H]1CCNC1=O)NC(=O)[C@H](Cc1ccccc1)NC(=O)[C@@H](NC(=O)OC(C)(C)C)[C@@H](C)OC(C)(C)C. The third kappa shape index (κ3) is 14.1. The van der Waals surface area contributed by atoms with E-state index in [-0.39, 0.29) is 31.3 Å². The minimum atomic E-state index is -1.20. The molecule has 45 heavy (non-hydrogen) atoms. The number of carbonyl (C=O) groups excluding carboxylic acids is 5. The van der Waals surface area contributed by atoms with Crippen molar-refractivity contribution in [2.75, 3.05) is 13.2 Å². The summed E-state index contributed by atoms with van der Waals surface area (Å²) in [6, 6.07) is 6.15. The van der Waals surface area contributed by atoms with Crippen molar-refractivity contribution >= 4 is 29.8 Å². The first-order chi connectivity index (χ1) is 21.0. The molecule has 0 bridgehead atoms. The molecule has 0 saturated carbocycles. The zero-order valence-corrected chi connectivity index (χ0v) is 27.7. The molecule has 0 radical (unpaired) electrons. The number of carbonyl (C=O) groups is 5. The van der Waals surface area contributed by atoms with Crippen molar-refractivity contribution in [2.45, 2.75) is 110 Å². The van der Waals surface area contributed by atoms with Crippen molar-refractivity contribution < 1.29 is 38.2 Å². The Bertz CT molecular complexity index is 1190. The minimum Gasteiger partial charge on any atom is -0.463 e. The van der Waals surface area contributed by atoms with Gasteiger partial charge in [-0.25, -0.2) is 9.59 Å². The first-order valence-corrected chi connectivity index (χ1v) is 15.4. The average Bonchev–Trinajstić information content (AvgIpc) is 3.32. The van der Waals surface area contributed by atoms with Crippen LogP contribution in [-0.4, -0.2) is 78.4 Å². The van der Waals surface area contributed by atoms with E-state index in [1.807, 2.05) is 51.1 Å². The molecule has 1 aromatic rings. The number of benzene rings is 1.